The quantitative estimate of drug-likeness (QED) is 0.374. The molecule has 1 rings (SSSR count). The van der Waals surface area contributed by atoms with Gasteiger partial charge in [0.05, 0.1) is 11.9 Å². The molecule has 1 aliphatic carbocycles. The van der Waals surface area contributed by atoms with Crippen molar-refractivity contribution < 1.29 is 14.3 Å². The van der Waals surface area contributed by atoms with E-state index >= 15 is 0 Å². The van der Waals surface area contributed by atoms with Crippen LogP contribution in [0.2, 0.25) is 0 Å². The van der Waals surface area contributed by atoms with Crippen LogP contribution in [0.3, 0.4) is 0 Å². The SMILES string of the molecule is N/C(=C\N(N)C1=CCC=CC=C1F)C(=O)O. The van der Waals surface area contributed by atoms with Gasteiger partial charge in [-0.05, 0) is 12.5 Å². The Morgan fingerprint density at radius 1 is 1.62 bits per heavy atom. The molecule has 5 nitrogen and oxygen atoms in total. The number of nitrogens with two attached hydrogens (primary N) is 2. The molecule has 0 spiro atoms. The highest BCUT2D eigenvalue weighted by Crippen LogP contribution is 2.18. The molecule has 5 N–H and O–H groups in total. The molecule has 0 bridgehead atoms. The van der Waals surface area contributed by atoms with Gasteiger partial charge in [0.1, 0.15) is 11.5 Å². The Balaban J connectivity index is 2.90. The van der Waals surface area contributed by atoms with Crippen molar-refractivity contribution in [2.45, 2.75) is 6.42 Å². The molecule has 0 radical (unpaired) electrons. The molecule has 16 heavy (non-hydrogen) atoms. The normalized spacial score (nSPS) is 16.2. The number of allylic oxidation sites excluding steroid dienone is 5. The van der Waals surface area contributed by atoms with Crippen LogP contribution < -0.4 is 11.6 Å². The third-order valence-corrected chi connectivity index (χ3v) is 1.87. The zero-order chi connectivity index (χ0) is 12.1. The van der Waals surface area contributed by atoms with Gasteiger partial charge in [0, 0.05) is 0 Å². The molecule has 0 aromatic carbocycles. The first kappa shape index (κ1) is 12.0. The lowest BCUT2D eigenvalue weighted by atomic mass is 10.3. The lowest BCUT2D eigenvalue weighted by molar-refractivity contribution is -0.132. The molecular weight excluding hydrogens is 213 g/mol. The van der Waals surface area contributed by atoms with Crippen molar-refractivity contribution in [1.82, 2.24) is 5.01 Å². The number of hydrazine groups is 1. The Hall–Kier alpha value is -2.08. The molecule has 0 aromatic heterocycles. The topological polar surface area (TPSA) is 92.6 Å². The van der Waals surface area contributed by atoms with Gasteiger partial charge in [0.2, 0.25) is 0 Å². The number of hydrogen-bond acceptors (Lipinski definition) is 4. The minimum Gasteiger partial charge on any atom is -0.477 e. The van der Waals surface area contributed by atoms with Crippen molar-refractivity contribution in [3.8, 4) is 0 Å². The summed E-state index contributed by atoms with van der Waals surface area (Å²) in [7, 11) is 0. The Labute approximate surface area is 91.8 Å². The Kier molecular flexibility index (Phi) is 3.84. The highest BCUT2D eigenvalue weighted by atomic mass is 19.1. The van der Waals surface area contributed by atoms with Gasteiger partial charge < -0.3 is 10.8 Å². The molecule has 0 aliphatic heterocycles. The average molecular weight is 225 g/mol. The molecule has 0 aromatic rings. The predicted octanol–water partition coefficient (Wildman–Crippen LogP) is 0.744. The summed E-state index contributed by atoms with van der Waals surface area (Å²) in [5.41, 5.74) is 4.78. The molecular formula is C10H12FN3O2. The summed E-state index contributed by atoms with van der Waals surface area (Å²) in [6.45, 7) is 0. The molecule has 0 heterocycles. The summed E-state index contributed by atoms with van der Waals surface area (Å²) < 4.78 is 13.4. The van der Waals surface area contributed by atoms with Crippen molar-refractivity contribution in [2.24, 2.45) is 11.6 Å². The van der Waals surface area contributed by atoms with Gasteiger partial charge in [0.25, 0.3) is 0 Å². The van der Waals surface area contributed by atoms with Crippen LogP contribution in [-0.2, 0) is 4.79 Å². The van der Waals surface area contributed by atoms with E-state index in [1.54, 1.807) is 12.2 Å². The van der Waals surface area contributed by atoms with E-state index in [0.29, 0.717) is 6.42 Å². The Morgan fingerprint density at radius 3 is 2.94 bits per heavy atom. The maximum atomic E-state index is 13.4. The summed E-state index contributed by atoms with van der Waals surface area (Å²) >= 11 is 0. The van der Waals surface area contributed by atoms with E-state index in [-0.39, 0.29) is 5.70 Å². The van der Waals surface area contributed by atoms with Crippen molar-refractivity contribution in [3.63, 3.8) is 0 Å². The van der Waals surface area contributed by atoms with Crippen molar-refractivity contribution in [2.75, 3.05) is 0 Å². The fraction of sp³-hybridized carbons (Fsp3) is 0.100. The first-order valence-corrected chi connectivity index (χ1v) is 4.49. The molecule has 1 aliphatic rings. The van der Waals surface area contributed by atoms with Crippen LogP contribution in [0.5, 0.6) is 0 Å². The summed E-state index contributed by atoms with van der Waals surface area (Å²) in [5.74, 6) is 3.62. The zero-order valence-electron chi connectivity index (χ0n) is 8.43. The third-order valence-electron chi connectivity index (χ3n) is 1.87. The predicted molar refractivity (Wildman–Crippen MR) is 57.0 cm³/mol. The van der Waals surface area contributed by atoms with E-state index < -0.39 is 17.5 Å². The second kappa shape index (κ2) is 5.13. The van der Waals surface area contributed by atoms with Crippen LogP contribution in [0.1, 0.15) is 6.42 Å². The second-order valence-electron chi connectivity index (χ2n) is 3.06. The number of aliphatic carboxylic acids is 1. The number of hydrogen-bond donors (Lipinski definition) is 3. The van der Waals surface area contributed by atoms with Gasteiger partial charge in [-0.1, -0.05) is 18.2 Å². The molecule has 6 heteroatoms. The average Bonchev–Trinajstić information content (AvgIpc) is 2.42. The van der Waals surface area contributed by atoms with E-state index in [9.17, 15) is 9.18 Å². The zero-order valence-corrected chi connectivity index (χ0v) is 8.43. The lowest BCUT2D eigenvalue weighted by Crippen LogP contribution is -2.27. The number of halogens is 1. The van der Waals surface area contributed by atoms with Gasteiger partial charge >= 0.3 is 5.97 Å². The molecule has 0 unspecified atom stereocenters. The number of carboxylic acids is 1. The summed E-state index contributed by atoms with van der Waals surface area (Å²) in [5, 5.41) is 9.38. The van der Waals surface area contributed by atoms with Gasteiger partial charge in [-0.3, -0.25) is 5.01 Å². The van der Waals surface area contributed by atoms with Crippen LogP contribution in [0, 0.1) is 0 Å². The maximum absolute atomic E-state index is 13.4. The number of carbonyl (C=O) groups is 1. The standard InChI is InChI=1S/C10H12FN3O2/c11-7-4-2-1-3-5-9(7)14(13)6-8(12)10(15)16/h1-2,4-6H,3,12-13H2,(H,15,16)/b8-6-. The van der Waals surface area contributed by atoms with E-state index in [2.05, 4.69) is 0 Å². The highest BCUT2D eigenvalue weighted by Gasteiger charge is 2.11. The van der Waals surface area contributed by atoms with Gasteiger partial charge in [-0.25, -0.2) is 15.0 Å². The van der Waals surface area contributed by atoms with Crippen molar-refractivity contribution in [1.29, 1.82) is 0 Å². The molecule has 0 saturated heterocycles. The Bertz CT molecular complexity index is 410. The summed E-state index contributed by atoms with van der Waals surface area (Å²) in [6.07, 6.45) is 7.52. The molecule has 0 fully saturated rings. The van der Waals surface area contributed by atoms with E-state index in [0.717, 1.165) is 11.2 Å². The summed E-state index contributed by atoms with van der Waals surface area (Å²) in [6, 6.07) is 0. The lowest BCUT2D eigenvalue weighted by Gasteiger charge is -2.16. The smallest absolute Gasteiger partial charge is 0.353 e. The van der Waals surface area contributed by atoms with E-state index in [1.807, 2.05) is 0 Å². The fourth-order valence-electron chi connectivity index (χ4n) is 1.10. The van der Waals surface area contributed by atoms with E-state index in [1.165, 1.54) is 12.2 Å². The van der Waals surface area contributed by atoms with Crippen LogP contribution >= 0.6 is 0 Å². The molecule has 0 amide bonds. The van der Waals surface area contributed by atoms with Crippen LogP contribution in [0.15, 0.2) is 47.7 Å². The van der Waals surface area contributed by atoms with Gasteiger partial charge in [-0.15, -0.1) is 0 Å². The number of nitrogens with zero attached hydrogens (tertiary/aromatic N) is 1. The van der Waals surface area contributed by atoms with Gasteiger partial charge in [0.15, 0.2) is 0 Å². The first-order chi connectivity index (χ1) is 7.52. The number of carboxylic acid groups (broad SMARTS) is 1. The molecule has 86 valence electrons. The highest BCUT2D eigenvalue weighted by molar-refractivity contribution is 5.85. The van der Waals surface area contributed by atoms with Crippen LogP contribution in [0.25, 0.3) is 0 Å². The van der Waals surface area contributed by atoms with E-state index in [4.69, 9.17) is 16.7 Å². The first-order valence-electron chi connectivity index (χ1n) is 4.49. The third kappa shape index (κ3) is 2.96. The monoisotopic (exact) mass is 225 g/mol. The minimum atomic E-state index is -1.31. The van der Waals surface area contributed by atoms with Crippen LogP contribution in [-0.4, -0.2) is 16.1 Å². The van der Waals surface area contributed by atoms with Crippen LogP contribution in [0.4, 0.5) is 4.39 Å². The second-order valence-corrected chi connectivity index (χ2v) is 3.06. The molecule has 0 atom stereocenters. The largest absolute Gasteiger partial charge is 0.477 e. The maximum Gasteiger partial charge on any atom is 0.353 e. The van der Waals surface area contributed by atoms with Crippen molar-refractivity contribution >= 4 is 5.97 Å². The van der Waals surface area contributed by atoms with Gasteiger partial charge in [-0.2, -0.15) is 0 Å². The number of rotatable bonds is 3. The molecule has 0 saturated carbocycles. The van der Waals surface area contributed by atoms with Crippen molar-refractivity contribution in [3.05, 3.63) is 47.7 Å². The minimum absolute atomic E-state index is 0.0780. The fourth-order valence-corrected chi connectivity index (χ4v) is 1.10. The Morgan fingerprint density at radius 2 is 2.31 bits per heavy atom. The summed E-state index contributed by atoms with van der Waals surface area (Å²) in [4.78, 5) is 10.5.